The molecule has 0 bridgehead atoms. The summed E-state index contributed by atoms with van der Waals surface area (Å²) in [5, 5.41) is 9.19. The fraction of sp³-hybridized carbons (Fsp3) is 0.348. The van der Waals surface area contributed by atoms with Crippen molar-refractivity contribution in [3.8, 4) is 11.4 Å². The average molecular weight is 489 g/mol. The van der Waals surface area contributed by atoms with Crippen LogP contribution in [0.4, 0.5) is 4.39 Å². The third kappa shape index (κ3) is 5.62. The molecule has 0 spiro atoms. The normalized spacial score (nSPS) is 17.2. The number of carbonyl (C=O) groups excluding carboxylic acids is 1. The molecule has 2 heterocycles. The molecule has 1 amide bonds. The van der Waals surface area contributed by atoms with E-state index in [1.54, 1.807) is 17.0 Å². The lowest BCUT2D eigenvalue weighted by Gasteiger charge is -2.26. The highest BCUT2D eigenvalue weighted by Gasteiger charge is 2.34. The van der Waals surface area contributed by atoms with Crippen LogP contribution in [-0.2, 0) is 21.2 Å². The van der Waals surface area contributed by atoms with E-state index in [0.717, 1.165) is 11.1 Å². The van der Waals surface area contributed by atoms with Gasteiger partial charge in [-0.15, -0.1) is 10.2 Å². The minimum Gasteiger partial charge on any atom is -0.338 e. The highest BCUT2D eigenvalue weighted by atomic mass is 32.2. The molecule has 0 saturated carbocycles. The van der Waals surface area contributed by atoms with Gasteiger partial charge in [-0.1, -0.05) is 42.1 Å². The quantitative estimate of drug-likeness (QED) is 0.453. The number of hydrogen-bond acceptors (Lipinski definition) is 6. The molecular weight excluding hydrogens is 463 g/mol. The van der Waals surface area contributed by atoms with Crippen LogP contribution in [0, 0.1) is 5.82 Å². The predicted octanol–water partition coefficient (Wildman–Crippen LogP) is 3.26. The molecule has 7 nitrogen and oxygen atoms in total. The minimum atomic E-state index is -3.08. The number of thioether (sulfide) groups is 1. The van der Waals surface area contributed by atoms with Crippen molar-refractivity contribution >= 4 is 27.5 Å². The summed E-state index contributed by atoms with van der Waals surface area (Å²) in [6.07, 6.45) is 0.478. The standard InChI is InChI=1S/C23H25FN4O3S2/c1-2-27(20-12-13-33(30,31)16-20)21(29)15-32-23-26-25-22(18-8-10-19(24)11-9-18)28(23)14-17-6-4-3-5-7-17/h3-11,20H,2,12-16H2,1H3. The summed E-state index contributed by atoms with van der Waals surface area (Å²) in [5.74, 6) is 0.407. The third-order valence-electron chi connectivity index (χ3n) is 5.64. The van der Waals surface area contributed by atoms with Gasteiger partial charge >= 0.3 is 0 Å². The summed E-state index contributed by atoms with van der Waals surface area (Å²) in [6.45, 7) is 2.81. The van der Waals surface area contributed by atoms with E-state index >= 15 is 0 Å². The van der Waals surface area contributed by atoms with Crippen LogP contribution in [-0.4, -0.2) is 63.8 Å². The zero-order valence-electron chi connectivity index (χ0n) is 18.2. The van der Waals surface area contributed by atoms with Gasteiger partial charge in [0.2, 0.25) is 5.91 Å². The van der Waals surface area contributed by atoms with Gasteiger partial charge in [0.1, 0.15) is 5.82 Å². The fourth-order valence-corrected chi connectivity index (χ4v) is 6.54. The second kappa shape index (κ2) is 10.0. The first kappa shape index (κ1) is 23.4. The number of benzene rings is 2. The summed E-state index contributed by atoms with van der Waals surface area (Å²) in [6, 6.07) is 15.6. The average Bonchev–Trinajstić information content (AvgIpc) is 3.36. The molecule has 1 atom stereocenters. The van der Waals surface area contributed by atoms with Crippen molar-refractivity contribution < 1.29 is 17.6 Å². The van der Waals surface area contributed by atoms with Gasteiger partial charge in [-0.3, -0.25) is 9.36 Å². The van der Waals surface area contributed by atoms with E-state index in [-0.39, 0.29) is 35.0 Å². The Balaban J connectivity index is 1.55. The Morgan fingerprint density at radius 3 is 2.52 bits per heavy atom. The number of halogens is 1. The summed E-state index contributed by atoms with van der Waals surface area (Å²) < 4.78 is 39.0. The second-order valence-electron chi connectivity index (χ2n) is 7.91. The Morgan fingerprint density at radius 2 is 1.88 bits per heavy atom. The number of carbonyl (C=O) groups is 1. The van der Waals surface area contributed by atoms with Gasteiger partial charge in [0.15, 0.2) is 20.8 Å². The Labute approximate surface area is 196 Å². The largest absolute Gasteiger partial charge is 0.338 e. The fourth-order valence-electron chi connectivity index (χ4n) is 3.99. The summed E-state index contributed by atoms with van der Waals surface area (Å²) in [4.78, 5) is 14.6. The van der Waals surface area contributed by atoms with Crippen LogP contribution in [0.3, 0.4) is 0 Å². The van der Waals surface area contributed by atoms with Crippen LogP contribution in [0.5, 0.6) is 0 Å². The maximum Gasteiger partial charge on any atom is 0.233 e. The molecule has 0 aliphatic carbocycles. The van der Waals surface area contributed by atoms with E-state index < -0.39 is 9.84 Å². The topological polar surface area (TPSA) is 85.2 Å². The number of rotatable bonds is 8. The van der Waals surface area contributed by atoms with Crippen molar-refractivity contribution in [2.45, 2.75) is 31.1 Å². The molecule has 1 saturated heterocycles. The van der Waals surface area contributed by atoms with E-state index in [9.17, 15) is 17.6 Å². The number of aromatic nitrogens is 3. The first-order valence-electron chi connectivity index (χ1n) is 10.7. The van der Waals surface area contributed by atoms with Gasteiger partial charge < -0.3 is 4.90 Å². The van der Waals surface area contributed by atoms with Gasteiger partial charge in [-0.05, 0) is 43.2 Å². The van der Waals surface area contributed by atoms with Crippen molar-refractivity contribution in [1.29, 1.82) is 0 Å². The molecule has 2 aromatic carbocycles. The van der Waals surface area contributed by atoms with Gasteiger partial charge in [0.05, 0.1) is 23.8 Å². The molecule has 0 N–H and O–H groups in total. The Kier molecular flexibility index (Phi) is 7.14. The monoisotopic (exact) mass is 488 g/mol. The molecule has 1 aromatic heterocycles. The lowest BCUT2D eigenvalue weighted by molar-refractivity contribution is -0.129. The summed E-state index contributed by atoms with van der Waals surface area (Å²) >= 11 is 1.27. The lowest BCUT2D eigenvalue weighted by atomic mass is 10.2. The second-order valence-corrected chi connectivity index (χ2v) is 11.1. The van der Waals surface area contributed by atoms with Crippen molar-refractivity contribution in [2.24, 2.45) is 0 Å². The van der Waals surface area contributed by atoms with Gasteiger partial charge in [-0.25, -0.2) is 12.8 Å². The van der Waals surface area contributed by atoms with Gasteiger partial charge in [0.25, 0.3) is 0 Å². The van der Waals surface area contributed by atoms with E-state index in [1.807, 2.05) is 41.8 Å². The number of hydrogen-bond donors (Lipinski definition) is 0. The number of nitrogens with zero attached hydrogens (tertiary/aromatic N) is 4. The van der Waals surface area contributed by atoms with Crippen LogP contribution in [0.15, 0.2) is 59.8 Å². The highest BCUT2D eigenvalue weighted by molar-refractivity contribution is 7.99. The molecule has 33 heavy (non-hydrogen) atoms. The van der Waals surface area contributed by atoms with Gasteiger partial charge in [-0.2, -0.15) is 0 Å². The zero-order valence-corrected chi connectivity index (χ0v) is 19.9. The van der Waals surface area contributed by atoms with Crippen LogP contribution in [0.1, 0.15) is 18.9 Å². The smallest absolute Gasteiger partial charge is 0.233 e. The molecule has 0 radical (unpaired) electrons. The lowest BCUT2D eigenvalue weighted by Crippen LogP contribution is -2.42. The number of amides is 1. The molecule has 1 unspecified atom stereocenters. The molecule has 1 aliphatic heterocycles. The van der Waals surface area contributed by atoms with Crippen molar-refractivity contribution in [3.05, 3.63) is 66.0 Å². The van der Waals surface area contributed by atoms with E-state index in [1.165, 1.54) is 23.9 Å². The molecule has 174 valence electrons. The molecule has 3 aromatic rings. The van der Waals surface area contributed by atoms with Crippen LogP contribution in [0.2, 0.25) is 0 Å². The number of sulfone groups is 1. The van der Waals surface area contributed by atoms with Gasteiger partial charge in [0, 0.05) is 18.2 Å². The van der Waals surface area contributed by atoms with Crippen LogP contribution < -0.4 is 0 Å². The zero-order chi connectivity index (χ0) is 23.4. The molecule has 4 rings (SSSR count). The first-order chi connectivity index (χ1) is 15.9. The summed E-state index contributed by atoms with van der Waals surface area (Å²) in [7, 11) is -3.08. The Morgan fingerprint density at radius 1 is 1.15 bits per heavy atom. The maximum atomic E-state index is 13.4. The van der Waals surface area contributed by atoms with E-state index in [2.05, 4.69) is 10.2 Å². The van der Waals surface area contributed by atoms with Crippen LogP contribution >= 0.6 is 11.8 Å². The molecule has 1 aliphatic rings. The van der Waals surface area contributed by atoms with Crippen molar-refractivity contribution in [1.82, 2.24) is 19.7 Å². The maximum absolute atomic E-state index is 13.4. The van der Waals surface area contributed by atoms with Crippen molar-refractivity contribution in [3.63, 3.8) is 0 Å². The van der Waals surface area contributed by atoms with Crippen LogP contribution in [0.25, 0.3) is 11.4 Å². The Hall–Kier alpha value is -2.72. The Bertz CT molecular complexity index is 1210. The summed E-state index contributed by atoms with van der Waals surface area (Å²) in [5.41, 5.74) is 1.77. The highest BCUT2D eigenvalue weighted by Crippen LogP contribution is 2.26. The molecular formula is C23H25FN4O3S2. The van der Waals surface area contributed by atoms with E-state index in [0.29, 0.717) is 30.5 Å². The first-order valence-corrected chi connectivity index (χ1v) is 13.5. The molecule has 10 heteroatoms. The van der Waals surface area contributed by atoms with Crippen molar-refractivity contribution in [2.75, 3.05) is 23.8 Å². The predicted molar refractivity (Wildman–Crippen MR) is 126 cm³/mol. The minimum absolute atomic E-state index is 0.0240. The van der Waals surface area contributed by atoms with E-state index in [4.69, 9.17) is 0 Å². The third-order valence-corrected chi connectivity index (χ3v) is 8.34. The molecule has 1 fully saturated rings. The SMILES string of the molecule is CCN(C(=O)CSc1nnc(-c2ccc(F)cc2)n1Cc1ccccc1)C1CCS(=O)(=O)C1.